The second kappa shape index (κ2) is 9.68. The number of benzene rings is 1. The Kier molecular flexibility index (Phi) is 6.54. The van der Waals surface area contributed by atoms with Crippen LogP contribution < -0.4 is 26.0 Å². The summed E-state index contributed by atoms with van der Waals surface area (Å²) in [5.74, 6) is 2.40. The maximum Gasteiger partial charge on any atom is 0.220 e. The number of anilines is 1. The van der Waals surface area contributed by atoms with E-state index in [2.05, 4.69) is 37.6 Å². The maximum absolute atomic E-state index is 11.4. The summed E-state index contributed by atoms with van der Waals surface area (Å²) in [5, 5.41) is 6.74. The van der Waals surface area contributed by atoms with E-state index in [-0.39, 0.29) is 17.9 Å². The van der Waals surface area contributed by atoms with Gasteiger partial charge in [0.25, 0.3) is 0 Å². The van der Waals surface area contributed by atoms with Crippen molar-refractivity contribution in [2.75, 3.05) is 31.6 Å². The molecule has 0 aliphatic carbocycles. The van der Waals surface area contributed by atoms with E-state index in [1.807, 2.05) is 24.3 Å². The Morgan fingerprint density at radius 2 is 2.03 bits per heavy atom. The monoisotopic (exact) mass is 422 g/mol. The van der Waals surface area contributed by atoms with E-state index in [4.69, 9.17) is 10.5 Å². The zero-order chi connectivity index (χ0) is 21.6. The molecule has 1 unspecified atom stereocenters. The molecule has 0 bridgehead atoms. The van der Waals surface area contributed by atoms with E-state index in [0.717, 1.165) is 55.4 Å². The number of ether oxygens (including phenoxy) is 1. The first-order chi connectivity index (χ1) is 15.1. The third kappa shape index (κ3) is 5.07. The number of aromatic nitrogens is 1. The summed E-state index contributed by atoms with van der Waals surface area (Å²) in [6.45, 7) is 2.84. The summed E-state index contributed by atoms with van der Waals surface area (Å²) >= 11 is 0. The molecule has 2 aliphatic heterocycles. The van der Waals surface area contributed by atoms with E-state index in [9.17, 15) is 4.79 Å². The highest BCUT2D eigenvalue weighted by Crippen LogP contribution is 2.28. The Morgan fingerprint density at radius 1 is 1.23 bits per heavy atom. The van der Waals surface area contributed by atoms with Gasteiger partial charge in [-0.2, -0.15) is 0 Å². The normalized spacial score (nSPS) is 18.9. The minimum absolute atomic E-state index is 0.0338. The number of aliphatic imine (C=N–C) groups is 1. The van der Waals surface area contributed by atoms with Crippen molar-refractivity contribution in [1.82, 2.24) is 15.6 Å². The number of nitrogens with zero attached hydrogens (tertiary/aromatic N) is 3. The van der Waals surface area contributed by atoms with E-state index < -0.39 is 0 Å². The van der Waals surface area contributed by atoms with Gasteiger partial charge in [-0.25, -0.2) is 4.98 Å². The lowest BCUT2D eigenvalue weighted by Gasteiger charge is -2.32. The summed E-state index contributed by atoms with van der Waals surface area (Å²) < 4.78 is 5.99. The molecular formula is C23H30N6O2. The van der Waals surface area contributed by atoms with Crippen LogP contribution in [-0.4, -0.2) is 49.6 Å². The number of piperidine rings is 1. The Balaban J connectivity index is 1.30. The number of carbonyl (C=O) groups excluding carboxylic acids is 1. The molecule has 1 saturated heterocycles. The van der Waals surface area contributed by atoms with Crippen molar-refractivity contribution in [3.05, 3.63) is 53.7 Å². The quantitative estimate of drug-likeness (QED) is 0.481. The Morgan fingerprint density at radius 3 is 2.77 bits per heavy atom. The highest BCUT2D eigenvalue weighted by Gasteiger charge is 2.25. The topological polar surface area (TPSA) is 105 Å². The van der Waals surface area contributed by atoms with Crippen molar-refractivity contribution in [2.24, 2.45) is 16.6 Å². The minimum Gasteiger partial charge on any atom is -0.488 e. The van der Waals surface area contributed by atoms with Gasteiger partial charge in [-0.3, -0.25) is 9.79 Å². The molecule has 3 heterocycles. The zero-order valence-corrected chi connectivity index (χ0v) is 17.9. The van der Waals surface area contributed by atoms with Gasteiger partial charge in [0.2, 0.25) is 5.91 Å². The first-order valence-electron chi connectivity index (χ1n) is 10.8. The summed E-state index contributed by atoms with van der Waals surface area (Å²) in [6.07, 6.45) is 4.34. The highest BCUT2D eigenvalue weighted by atomic mass is 16.5. The van der Waals surface area contributed by atoms with Gasteiger partial charge in [-0.05, 0) is 30.5 Å². The van der Waals surface area contributed by atoms with Gasteiger partial charge in [0.1, 0.15) is 17.7 Å². The fraction of sp³-hybridized carbons (Fsp3) is 0.435. The Labute approximate surface area is 182 Å². The lowest BCUT2D eigenvalue weighted by atomic mass is 9.96. The standard InChI is InChI=1S/C23H30N6O2/c1-25-23(28-15-19-13-17-5-2-3-7-20(17)31-19)27-14-18-6-4-10-26-22(18)29-11-8-16(9-12-29)21(24)30/h2-7,10,16,19H,8-9,11-15H2,1H3,(H2,24,30)(H2,25,27,28). The van der Waals surface area contributed by atoms with Crippen LogP contribution in [0.2, 0.25) is 0 Å². The van der Waals surface area contributed by atoms with Gasteiger partial charge in [0, 0.05) is 50.8 Å². The first kappa shape index (κ1) is 21.0. The number of nitrogens with two attached hydrogens (primary N) is 1. The van der Waals surface area contributed by atoms with Crippen molar-refractivity contribution < 1.29 is 9.53 Å². The van der Waals surface area contributed by atoms with Gasteiger partial charge in [-0.15, -0.1) is 0 Å². The third-order valence-corrected chi connectivity index (χ3v) is 5.95. The number of amides is 1. The smallest absolute Gasteiger partial charge is 0.220 e. The number of pyridine rings is 1. The van der Waals surface area contributed by atoms with Crippen molar-refractivity contribution in [3.8, 4) is 5.75 Å². The van der Waals surface area contributed by atoms with Gasteiger partial charge in [0.15, 0.2) is 5.96 Å². The summed E-state index contributed by atoms with van der Waals surface area (Å²) in [4.78, 5) is 22.6. The molecule has 1 aromatic carbocycles. The van der Waals surface area contributed by atoms with Crippen LogP contribution in [0.15, 0.2) is 47.6 Å². The predicted molar refractivity (Wildman–Crippen MR) is 121 cm³/mol. The van der Waals surface area contributed by atoms with Crippen LogP contribution in [-0.2, 0) is 17.8 Å². The van der Waals surface area contributed by atoms with Crippen LogP contribution in [0.1, 0.15) is 24.0 Å². The largest absolute Gasteiger partial charge is 0.488 e. The Bertz CT molecular complexity index is 914. The molecule has 1 fully saturated rings. The van der Waals surface area contributed by atoms with Crippen LogP contribution in [0, 0.1) is 5.92 Å². The molecule has 8 heteroatoms. The van der Waals surface area contributed by atoms with Gasteiger partial charge >= 0.3 is 0 Å². The maximum atomic E-state index is 11.4. The van der Waals surface area contributed by atoms with E-state index in [1.165, 1.54) is 5.56 Å². The molecular weight excluding hydrogens is 392 g/mol. The second-order valence-corrected chi connectivity index (χ2v) is 8.01. The molecule has 2 aliphatic rings. The van der Waals surface area contributed by atoms with Crippen molar-refractivity contribution in [2.45, 2.75) is 31.9 Å². The van der Waals surface area contributed by atoms with E-state index in [0.29, 0.717) is 13.1 Å². The van der Waals surface area contributed by atoms with Crippen molar-refractivity contribution in [3.63, 3.8) is 0 Å². The average molecular weight is 423 g/mol. The molecule has 0 saturated carbocycles. The number of hydrogen-bond donors (Lipinski definition) is 3. The van der Waals surface area contributed by atoms with Crippen LogP contribution in [0.3, 0.4) is 0 Å². The lowest BCUT2D eigenvalue weighted by Crippen LogP contribution is -2.42. The van der Waals surface area contributed by atoms with Gasteiger partial charge in [0.05, 0.1) is 6.54 Å². The Hall–Kier alpha value is -3.29. The number of hydrogen-bond acceptors (Lipinski definition) is 5. The molecule has 1 amide bonds. The fourth-order valence-corrected chi connectivity index (χ4v) is 4.21. The van der Waals surface area contributed by atoms with Gasteiger partial charge < -0.3 is 26.0 Å². The molecule has 8 nitrogen and oxygen atoms in total. The molecule has 1 aromatic heterocycles. The van der Waals surface area contributed by atoms with Crippen molar-refractivity contribution >= 4 is 17.7 Å². The number of primary amides is 1. The van der Waals surface area contributed by atoms with Crippen LogP contribution in [0.4, 0.5) is 5.82 Å². The lowest BCUT2D eigenvalue weighted by molar-refractivity contribution is -0.122. The molecule has 31 heavy (non-hydrogen) atoms. The number of rotatable bonds is 6. The molecule has 2 aromatic rings. The van der Waals surface area contributed by atoms with Crippen LogP contribution in [0.25, 0.3) is 0 Å². The number of fused-ring (bicyclic) bond motifs is 1. The van der Waals surface area contributed by atoms with Gasteiger partial charge in [-0.1, -0.05) is 24.3 Å². The first-order valence-corrected chi connectivity index (χ1v) is 10.8. The summed E-state index contributed by atoms with van der Waals surface area (Å²) in [6, 6.07) is 12.2. The SMILES string of the molecule is CN=C(NCc1cccnc1N1CCC(C(N)=O)CC1)NCC1Cc2ccccc2O1. The molecule has 164 valence electrons. The van der Waals surface area contributed by atoms with Crippen molar-refractivity contribution in [1.29, 1.82) is 0 Å². The minimum atomic E-state index is -0.202. The number of guanidine groups is 1. The third-order valence-electron chi connectivity index (χ3n) is 5.95. The molecule has 4 rings (SSSR count). The number of nitrogens with one attached hydrogen (secondary N) is 2. The van der Waals surface area contributed by atoms with E-state index >= 15 is 0 Å². The molecule has 0 radical (unpaired) electrons. The molecule has 0 spiro atoms. The fourth-order valence-electron chi connectivity index (χ4n) is 4.21. The summed E-state index contributed by atoms with van der Waals surface area (Å²) in [5.41, 5.74) is 7.80. The van der Waals surface area contributed by atoms with Crippen LogP contribution >= 0.6 is 0 Å². The summed E-state index contributed by atoms with van der Waals surface area (Å²) in [7, 11) is 1.76. The highest BCUT2D eigenvalue weighted by molar-refractivity contribution is 5.80. The van der Waals surface area contributed by atoms with Crippen LogP contribution in [0.5, 0.6) is 5.75 Å². The molecule has 4 N–H and O–H groups in total. The molecule has 1 atom stereocenters. The number of para-hydroxylation sites is 1. The average Bonchev–Trinajstić information content (AvgIpc) is 3.22. The zero-order valence-electron chi connectivity index (χ0n) is 17.9. The van der Waals surface area contributed by atoms with E-state index in [1.54, 1.807) is 13.2 Å². The second-order valence-electron chi connectivity index (χ2n) is 8.01. The number of carbonyl (C=O) groups is 1. The predicted octanol–water partition coefficient (Wildman–Crippen LogP) is 1.45.